The number of hydrogen-bond donors (Lipinski definition) is 1. The maximum atomic E-state index is 12.7. The van der Waals surface area contributed by atoms with Crippen LogP contribution in [0.3, 0.4) is 0 Å². The first-order valence-electron chi connectivity index (χ1n) is 6.86. The Bertz CT molecular complexity index is 763. The minimum atomic E-state index is -1.17. The Balaban J connectivity index is 1.85. The van der Waals surface area contributed by atoms with Crippen LogP contribution in [0.4, 0.5) is 11.4 Å². The summed E-state index contributed by atoms with van der Waals surface area (Å²) >= 11 is 12.5. The minimum Gasteiger partial charge on any atom is -0.325 e. The van der Waals surface area contributed by atoms with Crippen LogP contribution in [-0.2, 0) is 10.2 Å². The lowest BCUT2D eigenvalue weighted by molar-refractivity contribution is -0.384. The van der Waals surface area contributed by atoms with Gasteiger partial charge in [0.05, 0.1) is 4.92 Å². The first-order chi connectivity index (χ1) is 10.9. The lowest BCUT2D eigenvalue weighted by Crippen LogP contribution is -2.32. The van der Waals surface area contributed by atoms with Gasteiger partial charge in [-0.05, 0) is 17.7 Å². The van der Waals surface area contributed by atoms with Crippen LogP contribution < -0.4 is 5.32 Å². The molecule has 0 spiro atoms. The molecule has 0 bridgehead atoms. The number of benzene rings is 2. The number of hydrogen-bond acceptors (Lipinski definition) is 3. The highest BCUT2D eigenvalue weighted by molar-refractivity contribution is 6.54. The van der Waals surface area contributed by atoms with Crippen LogP contribution in [0, 0.1) is 10.1 Å². The Morgan fingerprint density at radius 1 is 1.09 bits per heavy atom. The van der Waals surface area contributed by atoms with E-state index >= 15 is 0 Å². The van der Waals surface area contributed by atoms with Gasteiger partial charge in [-0.15, -0.1) is 23.2 Å². The Morgan fingerprint density at radius 2 is 1.65 bits per heavy atom. The summed E-state index contributed by atoms with van der Waals surface area (Å²) < 4.78 is -1.17. The molecule has 1 aliphatic carbocycles. The Morgan fingerprint density at radius 3 is 2.13 bits per heavy atom. The van der Waals surface area contributed by atoms with Crippen LogP contribution in [0.25, 0.3) is 0 Å². The largest absolute Gasteiger partial charge is 0.325 e. The molecule has 0 radical (unpaired) electrons. The quantitative estimate of drug-likeness (QED) is 0.513. The van der Waals surface area contributed by atoms with Crippen molar-refractivity contribution in [2.75, 3.05) is 5.32 Å². The fourth-order valence-electron chi connectivity index (χ4n) is 2.61. The van der Waals surface area contributed by atoms with Crippen molar-refractivity contribution in [3.05, 3.63) is 70.3 Å². The molecular formula is C16H12Cl2N2O3. The van der Waals surface area contributed by atoms with Crippen LogP contribution >= 0.6 is 23.2 Å². The molecule has 118 valence electrons. The molecule has 1 N–H and O–H groups in total. The monoisotopic (exact) mass is 350 g/mol. The molecule has 1 fully saturated rings. The molecule has 1 saturated carbocycles. The average Bonchev–Trinajstić information content (AvgIpc) is 3.13. The van der Waals surface area contributed by atoms with Gasteiger partial charge in [0.1, 0.15) is 9.75 Å². The third-order valence-electron chi connectivity index (χ3n) is 3.98. The van der Waals surface area contributed by atoms with Crippen molar-refractivity contribution in [2.45, 2.75) is 16.2 Å². The van der Waals surface area contributed by atoms with E-state index in [0.717, 1.165) is 5.56 Å². The van der Waals surface area contributed by atoms with Gasteiger partial charge in [-0.3, -0.25) is 14.9 Å². The molecular weight excluding hydrogens is 339 g/mol. The van der Waals surface area contributed by atoms with Crippen LogP contribution in [0.2, 0.25) is 0 Å². The normalized spacial score (nSPS) is 21.5. The highest BCUT2D eigenvalue weighted by Crippen LogP contribution is 2.65. The molecule has 5 nitrogen and oxygen atoms in total. The summed E-state index contributed by atoms with van der Waals surface area (Å²) in [6.07, 6.45) is 0.311. The van der Waals surface area contributed by atoms with E-state index in [-0.39, 0.29) is 11.6 Å². The van der Waals surface area contributed by atoms with Crippen molar-refractivity contribution in [1.82, 2.24) is 0 Å². The second-order valence-corrected chi connectivity index (χ2v) is 6.89. The van der Waals surface area contributed by atoms with Crippen molar-refractivity contribution in [1.29, 1.82) is 0 Å². The van der Waals surface area contributed by atoms with Crippen molar-refractivity contribution >= 4 is 40.5 Å². The lowest BCUT2D eigenvalue weighted by Gasteiger charge is -2.18. The fourth-order valence-corrected chi connectivity index (χ4v) is 3.40. The molecule has 2 aromatic carbocycles. The van der Waals surface area contributed by atoms with Crippen LogP contribution in [-0.4, -0.2) is 15.2 Å². The summed E-state index contributed by atoms with van der Waals surface area (Å²) in [4.78, 5) is 22.9. The van der Waals surface area contributed by atoms with Crippen molar-refractivity contribution in [2.24, 2.45) is 0 Å². The van der Waals surface area contributed by atoms with E-state index in [2.05, 4.69) is 5.32 Å². The second-order valence-electron chi connectivity index (χ2n) is 5.41. The van der Waals surface area contributed by atoms with Crippen molar-refractivity contribution < 1.29 is 9.72 Å². The van der Waals surface area contributed by atoms with Gasteiger partial charge in [-0.1, -0.05) is 30.3 Å². The summed E-state index contributed by atoms with van der Waals surface area (Å²) in [6.45, 7) is 0. The maximum Gasteiger partial charge on any atom is 0.269 e. The Kier molecular flexibility index (Phi) is 3.78. The number of halogens is 2. The van der Waals surface area contributed by atoms with Gasteiger partial charge >= 0.3 is 0 Å². The molecule has 0 heterocycles. The third-order valence-corrected chi connectivity index (χ3v) is 4.89. The highest BCUT2D eigenvalue weighted by atomic mass is 35.5. The summed E-state index contributed by atoms with van der Waals surface area (Å²) in [5, 5.41) is 13.4. The number of nitrogens with zero attached hydrogens (tertiary/aromatic N) is 1. The van der Waals surface area contributed by atoms with Crippen molar-refractivity contribution in [3.63, 3.8) is 0 Å². The molecule has 1 atom stereocenters. The molecule has 0 aromatic heterocycles. The molecule has 1 aliphatic rings. The molecule has 1 amide bonds. The van der Waals surface area contributed by atoms with Gasteiger partial charge in [0, 0.05) is 24.2 Å². The Hall–Kier alpha value is -2.11. The van der Waals surface area contributed by atoms with Gasteiger partial charge in [-0.25, -0.2) is 0 Å². The molecule has 3 rings (SSSR count). The Labute approximate surface area is 142 Å². The van der Waals surface area contributed by atoms with Gasteiger partial charge in [0.2, 0.25) is 5.91 Å². The van der Waals surface area contributed by atoms with Crippen LogP contribution in [0.5, 0.6) is 0 Å². The number of carbonyl (C=O) groups excluding carboxylic acids is 1. The standard InChI is InChI=1S/C16H12Cl2N2O3/c17-16(18)10-15(16,11-4-2-1-3-5-11)14(21)19-12-6-8-13(9-7-12)20(22)23/h1-9H,10H2,(H,19,21)/t15-/m1/s1. The predicted molar refractivity (Wildman–Crippen MR) is 88.9 cm³/mol. The number of amides is 1. The van der Waals surface area contributed by atoms with E-state index in [0.29, 0.717) is 12.1 Å². The smallest absolute Gasteiger partial charge is 0.269 e. The summed E-state index contributed by atoms with van der Waals surface area (Å²) in [6, 6.07) is 14.7. The molecule has 7 heteroatoms. The second kappa shape index (κ2) is 5.51. The third kappa shape index (κ3) is 2.66. The van der Waals surface area contributed by atoms with E-state index in [1.165, 1.54) is 24.3 Å². The van der Waals surface area contributed by atoms with Crippen molar-refractivity contribution in [3.8, 4) is 0 Å². The SMILES string of the molecule is O=C(Nc1ccc([N+](=O)[O-])cc1)[C@]1(c2ccccc2)CC1(Cl)Cl. The minimum absolute atomic E-state index is 0.0452. The van der Waals surface area contributed by atoms with Gasteiger partial charge in [0.25, 0.3) is 5.69 Å². The number of nitrogens with one attached hydrogen (secondary N) is 1. The number of anilines is 1. The van der Waals surface area contributed by atoms with E-state index < -0.39 is 14.7 Å². The number of alkyl halides is 2. The fraction of sp³-hybridized carbons (Fsp3) is 0.188. The molecule has 0 unspecified atom stereocenters. The average molecular weight is 351 g/mol. The zero-order valence-corrected chi connectivity index (χ0v) is 13.3. The van der Waals surface area contributed by atoms with Gasteiger partial charge in [-0.2, -0.15) is 0 Å². The number of rotatable bonds is 4. The van der Waals surface area contributed by atoms with Gasteiger partial charge < -0.3 is 5.32 Å². The number of carbonyl (C=O) groups is 1. The first kappa shape index (κ1) is 15.8. The zero-order valence-electron chi connectivity index (χ0n) is 11.8. The van der Waals surface area contributed by atoms with E-state index in [9.17, 15) is 14.9 Å². The van der Waals surface area contributed by atoms with E-state index in [4.69, 9.17) is 23.2 Å². The molecule has 2 aromatic rings. The van der Waals surface area contributed by atoms with Gasteiger partial charge in [0.15, 0.2) is 0 Å². The summed E-state index contributed by atoms with van der Waals surface area (Å²) in [7, 11) is 0. The summed E-state index contributed by atoms with van der Waals surface area (Å²) in [5.74, 6) is -0.331. The maximum absolute atomic E-state index is 12.7. The number of non-ortho nitro benzene ring substituents is 1. The zero-order chi connectivity index (χ0) is 16.7. The topological polar surface area (TPSA) is 72.2 Å². The van der Waals surface area contributed by atoms with Crippen LogP contribution in [0.1, 0.15) is 12.0 Å². The molecule has 0 aliphatic heterocycles. The van der Waals surface area contributed by atoms with Crippen LogP contribution in [0.15, 0.2) is 54.6 Å². The van der Waals surface area contributed by atoms with E-state index in [1.807, 2.05) is 30.3 Å². The molecule has 23 heavy (non-hydrogen) atoms. The van der Waals surface area contributed by atoms with E-state index in [1.54, 1.807) is 0 Å². The predicted octanol–water partition coefficient (Wildman–Crippen LogP) is 4.05. The summed E-state index contributed by atoms with van der Waals surface area (Å²) in [5.41, 5.74) is 0.131. The molecule has 0 saturated heterocycles. The first-order valence-corrected chi connectivity index (χ1v) is 7.62. The lowest BCUT2D eigenvalue weighted by atomic mass is 9.94. The number of nitro groups is 1. The highest BCUT2D eigenvalue weighted by Gasteiger charge is 2.72. The number of nitro benzene ring substituents is 1.